The molecule has 3 aromatic rings. The summed E-state index contributed by atoms with van der Waals surface area (Å²) >= 11 is 0. The molecule has 2 aromatic heterocycles. The normalized spacial score (nSPS) is 11.5. The van der Waals surface area contributed by atoms with Crippen LogP contribution in [0.15, 0.2) is 47.9 Å². The van der Waals surface area contributed by atoms with Gasteiger partial charge in [-0.05, 0) is 31.2 Å². The Morgan fingerprint density at radius 1 is 1.36 bits per heavy atom. The molecule has 0 saturated carbocycles. The third-order valence-electron chi connectivity index (χ3n) is 4.14. The second kappa shape index (κ2) is 7.34. The fourth-order valence-corrected chi connectivity index (χ4v) is 2.89. The minimum Gasteiger partial charge on any atom is -0.496 e. The Labute approximate surface area is 158 Å². The summed E-state index contributed by atoms with van der Waals surface area (Å²) in [7, 11) is 1.26. The van der Waals surface area contributed by atoms with Crippen molar-refractivity contribution in [2.24, 2.45) is 0 Å². The van der Waals surface area contributed by atoms with Gasteiger partial charge in [0.15, 0.2) is 0 Å². The summed E-state index contributed by atoms with van der Waals surface area (Å²) in [5, 5.41) is 3.14. The van der Waals surface area contributed by atoms with Crippen LogP contribution < -0.4 is 15.7 Å². The first-order valence-electron chi connectivity index (χ1n) is 8.26. The molecule has 0 saturated heterocycles. The van der Waals surface area contributed by atoms with E-state index in [0.29, 0.717) is 11.4 Å². The average molecular weight is 390 g/mol. The van der Waals surface area contributed by atoms with Crippen LogP contribution in [-0.2, 0) is 6.18 Å². The molecule has 146 valence electrons. The van der Waals surface area contributed by atoms with E-state index in [9.17, 15) is 18.0 Å². The molecule has 0 atom stereocenters. The molecule has 1 N–H and O–H groups in total. The lowest BCUT2D eigenvalue weighted by Crippen LogP contribution is -2.25. The van der Waals surface area contributed by atoms with E-state index in [4.69, 9.17) is 4.74 Å². The van der Waals surface area contributed by atoms with E-state index in [1.54, 1.807) is 25.1 Å². The van der Waals surface area contributed by atoms with E-state index in [0.717, 1.165) is 16.7 Å². The molecule has 2 heterocycles. The standard InChI is InChI=1S/C19H17F3N4O2/c1-4-7-24-17-16-14(9-12(19(20,21)22)10-15(16)28-3)26(18(27)25-17)13-6-5-8-23-11(13)2/h4-6,8-10H,1,7H2,2-3H3,(H,24,25,27). The van der Waals surface area contributed by atoms with Crippen molar-refractivity contribution in [3.8, 4) is 11.4 Å². The van der Waals surface area contributed by atoms with Crippen LogP contribution in [0.25, 0.3) is 16.6 Å². The Morgan fingerprint density at radius 2 is 2.11 bits per heavy atom. The number of benzene rings is 1. The van der Waals surface area contributed by atoms with Crippen LogP contribution in [0.5, 0.6) is 5.75 Å². The lowest BCUT2D eigenvalue weighted by atomic mass is 10.1. The van der Waals surface area contributed by atoms with Gasteiger partial charge in [-0.15, -0.1) is 6.58 Å². The number of aryl methyl sites for hydroxylation is 1. The number of methoxy groups -OCH3 is 1. The SMILES string of the molecule is C=CCNc1nc(=O)n(-c2cccnc2C)c2cc(C(F)(F)F)cc(OC)c12. The highest BCUT2D eigenvalue weighted by atomic mass is 19.4. The van der Waals surface area contributed by atoms with E-state index in [2.05, 4.69) is 21.9 Å². The number of ether oxygens (including phenoxy) is 1. The minimum atomic E-state index is -4.62. The number of fused-ring (bicyclic) bond motifs is 1. The van der Waals surface area contributed by atoms with Crippen molar-refractivity contribution in [3.05, 3.63) is 64.9 Å². The van der Waals surface area contributed by atoms with E-state index in [1.165, 1.54) is 13.3 Å². The number of alkyl halides is 3. The van der Waals surface area contributed by atoms with Crippen molar-refractivity contribution < 1.29 is 17.9 Å². The summed E-state index contributed by atoms with van der Waals surface area (Å²) in [6.07, 6.45) is -1.55. The number of anilines is 1. The van der Waals surface area contributed by atoms with Crippen LogP contribution in [-0.4, -0.2) is 28.2 Å². The van der Waals surface area contributed by atoms with Crippen molar-refractivity contribution in [2.75, 3.05) is 19.0 Å². The zero-order valence-electron chi connectivity index (χ0n) is 15.2. The molecule has 0 spiro atoms. The number of nitrogens with one attached hydrogen (secondary N) is 1. The maximum absolute atomic E-state index is 13.4. The molecule has 0 amide bonds. The van der Waals surface area contributed by atoms with Gasteiger partial charge in [0, 0.05) is 12.7 Å². The van der Waals surface area contributed by atoms with Gasteiger partial charge in [0.1, 0.15) is 11.6 Å². The van der Waals surface area contributed by atoms with Gasteiger partial charge in [-0.3, -0.25) is 9.55 Å². The number of nitrogens with zero attached hydrogens (tertiary/aromatic N) is 3. The summed E-state index contributed by atoms with van der Waals surface area (Å²) in [6, 6.07) is 4.98. The molecule has 6 nitrogen and oxygen atoms in total. The van der Waals surface area contributed by atoms with Gasteiger partial charge >= 0.3 is 11.9 Å². The fraction of sp³-hybridized carbons (Fsp3) is 0.211. The van der Waals surface area contributed by atoms with E-state index in [-0.39, 0.29) is 29.0 Å². The summed E-state index contributed by atoms with van der Waals surface area (Å²) in [5.41, 5.74) is -0.865. The smallest absolute Gasteiger partial charge is 0.416 e. The van der Waals surface area contributed by atoms with Gasteiger partial charge in [-0.25, -0.2) is 4.79 Å². The first-order chi connectivity index (χ1) is 13.3. The van der Waals surface area contributed by atoms with Gasteiger partial charge in [-0.1, -0.05) is 6.08 Å². The first-order valence-corrected chi connectivity index (χ1v) is 8.26. The number of rotatable bonds is 5. The quantitative estimate of drug-likeness (QED) is 0.673. The lowest BCUT2D eigenvalue weighted by Gasteiger charge is -2.18. The number of halogens is 3. The molecule has 3 rings (SSSR count). The average Bonchev–Trinajstić information content (AvgIpc) is 2.65. The molecular weight excluding hydrogens is 373 g/mol. The third-order valence-corrected chi connectivity index (χ3v) is 4.14. The van der Waals surface area contributed by atoms with Gasteiger partial charge in [-0.2, -0.15) is 18.2 Å². The van der Waals surface area contributed by atoms with Crippen LogP contribution in [0, 0.1) is 6.92 Å². The molecule has 0 fully saturated rings. The molecule has 9 heteroatoms. The second-order valence-corrected chi connectivity index (χ2v) is 5.93. The van der Waals surface area contributed by atoms with Crippen molar-refractivity contribution >= 4 is 16.7 Å². The van der Waals surface area contributed by atoms with E-state index < -0.39 is 17.4 Å². The molecular formula is C19H17F3N4O2. The third kappa shape index (κ3) is 3.42. The first kappa shape index (κ1) is 19.4. The fourth-order valence-electron chi connectivity index (χ4n) is 2.89. The number of pyridine rings is 1. The van der Waals surface area contributed by atoms with Crippen LogP contribution in [0.4, 0.5) is 19.0 Å². The van der Waals surface area contributed by atoms with Crippen LogP contribution in [0.1, 0.15) is 11.3 Å². The highest BCUT2D eigenvalue weighted by Gasteiger charge is 2.33. The number of aromatic nitrogens is 3. The van der Waals surface area contributed by atoms with Crippen molar-refractivity contribution in [2.45, 2.75) is 13.1 Å². The highest BCUT2D eigenvalue weighted by molar-refractivity contribution is 5.96. The molecule has 0 unspecified atom stereocenters. The predicted octanol–water partition coefficient (Wildman–Crippen LogP) is 3.71. The summed E-state index contributed by atoms with van der Waals surface area (Å²) < 4.78 is 46.7. The Morgan fingerprint density at radius 3 is 2.71 bits per heavy atom. The maximum atomic E-state index is 13.4. The zero-order chi connectivity index (χ0) is 20.5. The van der Waals surface area contributed by atoms with Gasteiger partial charge < -0.3 is 10.1 Å². The molecule has 0 aliphatic heterocycles. The van der Waals surface area contributed by atoms with Crippen LogP contribution >= 0.6 is 0 Å². The monoisotopic (exact) mass is 390 g/mol. The van der Waals surface area contributed by atoms with Crippen molar-refractivity contribution in [1.82, 2.24) is 14.5 Å². The Hall–Kier alpha value is -3.36. The molecule has 0 radical (unpaired) electrons. The summed E-state index contributed by atoms with van der Waals surface area (Å²) in [6.45, 7) is 5.50. The lowest BCUT2D eigenvalue weighted by molar-refractivity contribution is -0.137. The Kier molecular flexibility index (Phi) is 5.08. The predicted molar refractivity (Wildman–Crippen MR) is 100 cm³/mol. The minimum absolute atomic E-state index is 0.00865. The Bertz CT molecular complexity index is 1110. The largest absolute Gasteiger partial charge is 0.496 e. The zero-order valence-corrected chi connectivity index (χ0v) is 15.2. The van der Waals surface area contributed by atoms with Gasteiger partial charge in [0.25, 0.3) is 0 Å². The van der Waals surface area contributed by atoms with E-state index >= 15 is 0 Å². The molecule has 0 aliphatic carbocycles. The molecule has 0 aliphatic rings. The molecule has 1 aromatic carbocycles. The topological polar surface area (TPSA) is 69.0 Å². The molecule has 28 heavy (non-hydrogen) atoms. The maximum Gasteiger partial charge on any atom is 0.416 e. The number of hydrogen-bond acceptors (Lipinski definition) is 5. The number of hydrogen-bond donors (Lipinski definition) is 1. The van der Waals surface area contributed by atoms with Gasteiger partial charge in [0.05, 0.1) is 35.0 Å². The summed E-state index contributed by atoms with van der Waals surface area (Å²) in [4.78, 5) is 20.9. The van der Waals surface area contributed by atoms with Crippen molar-refractivity contribution in [3.63, 3.8) is 0 Å². The summed E-state index contributed by atoms with van der Waals surface area (Å²) in [5.74, 6) is 0.0578. The molecule has 0 bridgehead atoms. The Balaban J connectivity index is 2.50. The van der Waals surface area contributed by atoms with Gasteiger partial charge in [0.2, 0.25) is 0 Å². The second-order valence-electron chi connectivity index (χ2n) is 5.93. The van der Waals surface area contributed by atoms with Crippen LogP contribution in [0.2, 0.25) is 0 Å². The van der Waals surface area contributed by atoms with Crippen LogP contribution in [0.3, 0.4) is 0 Å². The van der Waals surface area contributed by atoms with E-state index in [1.807, 2.05) is 0 Å². The van der Waals surface area contributed by atoms with Crippen molar-refractivity contribution in [1.29, 1.82) is 0 Å². The highest BCUT2D eigenvalue weighted by Crippen LogP contribution is 2.38.